The zero-order chi connectivity index (χ0) is 21.6. The van der Waals surface area contributed by atoms with Gasteiger partial charge in [-0.3, -0.25) is 9.10 Å². The average Bonchev–Trinajstić information content (AvgIpc) is 3.27. The molecule has 0 unspecified atom stereocenters. The molecule has 0 aliphatic rings. The number of aryl methyl sites for hydroxylation is 1. The molecule has 1 heterocycles. The van der Waals surface area contributed by atoms with Crippen LogP contribution < -0.4 is 9.62 Å². The number of hydrogen-bond acceptors (Lipinski definition) is 4. The van der Waals surface area contributed by atoms with Crippen LogP contribution in [0.4, 0.5) is 10.1 Å². The lowest BCUT2D eigenvalue weighted by atomic mass is 10.1. The summed E-state index contributed by atoms with van der Waals surface area (Å²) in [7, 11) is -3.94. The monoisotopic (exact) mass is 466 g/mol. The van der Waals surface area contributed by atoms with E-state index in [2.05, 4.69) is 5.32 Å². The van der Waals surface area contributed by atoms with E-state index in [1.165, 1.54) is 18.2 Å². The number of carbonyl (C=O) groups excluding carboxylic acids is 1. The summed E-state index contributed by atoms with van der Waals surface area (Å²) >= 11 is 6.92. The summed E-state index contributed by atoms with van der Waals surface area (Å²) in [5.74, 6) is -0.922. The van der Waals surface area contributed by atoms with Crippen molar-refractivity contribution in [2.45, 2.75) is 17.1 Å². The SMILES string of the molecule is O=C(CN(c1ccc(F)cc1)S(=O)(=O)c1cccs1)NCCCc1ccc(Cl)cc1. The second-order valence-electron chi connectivity index (χ2n) is 6.50. The van der Waals surface area contributed by atoms with Crippen LogP contribution in [0.5, 0.6) is 0 Å². The van der Waals surface area contributed by atoms with Crippen molar-refractivity contribution in [1.82, 2.24) is 5.32 Å². The molecule has 1 N–H and O–H groups in total. The number of amides is 1. The van der Waals surface area contributed by atoms with Crippen molar-refractivity contribution in [1.29, 1.82) is 0 Å². The highest BCUT2D eigenvalue weighted by Gasteiger charge is 2.28. The zero-order valence-corrected chi connectivity index (χ0v) is 18.3. The van der Waals surface area contributed by atoms with Crippen molar-refractivity contribution in [3.63, 3.8) is 0 Å². The van der Waals surface area contributed by atoms with Gasteiger partial charge in [-0.05, 0) is 66.2 Å². The summed E-state index contributed by atoms with van der Waals surface area (Å²) in [4.78, 5) is 12.5. The Balaban J connectivity index is 1.64. The normalized spacial score (nSPS) is 11.3. The van der Waals surface area contributed by atoms with Crippen molar-refractivity contribution in [2.24, 2.45) is 0 Å². The predicted molar refractivity (Wildman–Crippen MR) is 118 cm³/mol. The van der Waals surface area contributed by atoms with E-state index in [4.69, 9.17) is 11.6 Å². The van der Waals surface area contributed by atoms with Crippen LogP contribution >= 0.6 is 22.9 Å². The number of anilines is 1. The van der Waals surface area contributed by atoms with Gasteiger partial charge in [0, 0.05) is 11.6 Å². The van der Waals surface area contributed by atoms with Crippen LogP contribution in [0.3, 0.4) is 0 Å². The molecule has 0 bridgehead atoms. The van der Waals surface area contributed by atoms with Gasteiger partial charge in [-0.25, -0.2) is 12.8 Å². The lowest BCUT2D eigenvalue weighted by Crippen LogP contribution is -2.41. The van der Waals surface area contributed by atoms with E-state index in [0.29, 0.717) is 18.0 Å². The summed E-state index contributed by atoms with van der Waals surface area (Å²) in [6, 6.07) is 15.6. The molecule has 158 valence electrons. The molecule has 0 aliphatic carbocycles. The van der Waals surface area contributed by atoms with E-state index in [0.717, 1.165) is 39.8 Å². The average molecular weight is 467 g/mol. The number of benzene rings is 2. The molecule has 5 nitrogen and oxygen atoms in total. The molecule has 0 atom stereocenters. The van der Waals surface area contributed by atoms with Gasteiger partial charge >= 0.3 is 0 Å². The van der Waals surface area contributed by atoms with Crippen LogP contribution in [0.25, 0.3) is 0 Å². The van der Waals surface area contributed by atoms with Crippen molar-refractivity contribution in [3.05, 3.63) is 82.4 Å². The largest absolute Gasteiger partial charge is 0.355 e. The van der Waals surface area contributed by atoms with E-state index in [-0.39, 0.29) is 9.90 Å². The van der Waals surface area contributed by atoms with Gasteiger partial charge < -0.3 is 5.32 Å². The molecular weight excluding hydrogens is 447 g/mol. The molecule has 0 saturated carbocycles. The molecule has 0 radical (unpaired) electrons. The molecule has 3 aromatic rings. The fraction of sp³-hybridized carbons (Fsp3) is 0.190. The van der Waals surface area contributed by atoms with Crippen molar-refractivity contribution < 1.29 is 17.6 Å². The number of halogens is 2. The fourth-order valence-corrected chi connectivity index (χ4v) is 5.45. The molecule has 1 amide bonds. The number of nitrogens with zero attached hydrogens (tertiary/aromatic N) is 1. The lowest BCUT2D eigenvalue weighted by molar-refractivity contribution is -0.119. The molecule has 9 heteroatoms. The van der Waals surface area contributed by atoms with Gasteiger partial charge in [0.2, 0.25) is 5.91 Å². The van der Waals surface area contributed by atoms with Crippen molar-refractivity contribution >= 4 is 44.6 Å². The Labute approximate surface area is 184 Å². The standard InChI is InChI=1S/C21H20ClFN2O3S2/c22-17-7-5-16(6-8-17)3-1-13-24-20(26)15-25(19-11-9-18(23)10-12-19)30(27,28)21-4-2-14-29-21/h2,4-12,14H,1,3,13,15H2,(H,24,26). The van der Waals surface area contributed by atoms with Crippen LogP contribution in [-0.2, 0) is 21.2 Å². The van der Waals surface area contributed by atoms with Crippen molar-refractivity contribution in [3.8, 4) is 0 Å². The second-order valence-corrected chi connectivity index (χ2v) is 9.97. The third-order valence-corrected chi connectivity index (χ3v) is 7.72. The highest BCUT2D eigenvalue weighted by atomic mass is 35.5. The maximum absolute atomic E-state index is 13.3. The minimum atomic E-state index is -3.94. The molecule has 0 saturated heterocycles. The molecule has 0 fully saturated rings. The van der Waals surface area contributed by atoms with E-state index in [1.807, 2.05) is 24.3 Å². The Morgan fingerprint density at radius 2 is 1.77 bits per heavy atom. The number of nitrogens with one attached hydrogen (secondary N) is 1. The number of sulfonamides is 1. The second kappa shape index (κ2) is 10.1. The summed E-state index contributed by atoms with van der Waals surface area (Å²) in [6.45, 7) is 0.00454. The van der Waals surface area contributed by atoms with Crippen LogP contribution in [-0.4, -0.2) is 27.4 Å². The van der Waals surface area contributed by atoms with E-state index < -0.39 is 28.3 Å². The van der Waals surface area contributed by atoms with Gasteiger partial charge in [0.05, 0.1) is 5.69 Å². The summed E-state index contributed by atoms with van der Waals surface area (Å²) in [5, 5.41) is 5.06. The highest BCUT2D eigenvalue weighted by molar-refractivity contribution is 7.94. The number of hydrogen-bond donors (Lipinski definition) is 1. The number of carbonyl (C=O) groups is 1. The lowest BCUT2D eigenvalue weighted by Gasteiger charge is -2.23. The summed E-state index contributed by atoms with van der Waals surface area (Å²) in [6.07, 6.45) is 1.45. The van der Waals surface area contributed by atoms with Gasteiger partial charge in [-0.15, -0.1) is 11.3 Å². The molecule has 1 aromatic heterocycles. The Morgan fingerprint density at radius 3 is 2.40 bits per heavy atom. The Bertz CT molecular complexity index is 1070. The van der Waals surface area contributed by atoms with E-state index in [9.17, 15) is 17.6 Å². The van der Waals surface area contributed by atoms with E-state index >= 15 is 0 Å². The molecular formula is C21H20ClFN2O3S2. The number of thiophene rings is 1. The number of rotatable bonds is 9. The first-order valence-corrected chi connectivity index (χ1v) is 11.9. The quantitative estimate of drug-likeness (QED) is 0.473. The van der Waals surface area contributed by atoms with Crippen LogP contribution in [0.15, 0.2) is 70.3 Å². The van der Waals surface area contributed by atoms with E-state index in [1.54, 1.807) is 11.4 Å². The van der Waals surface area contributed by atoms with Gasteiger partial charge in [-0.1, -0.05) is 29.8 Å². The van der Waals surface area contributed by atoms with Gasteiger partial charge in [0.1, 0.15) is 16.6 Å². The van der Waals surface area contributed by atoms with Gasteiger partial charge in [0.25, 0.3) is 10.0 Å². The topological polar surface area (TPSA) is 66.5 Å². The molecule has 0 spiro atoms. The smallest absolute Gasteiger partial charge is 0.274 e. The Hall–Kier alpha value is -2.42. The highest BCUT2D eigenvalue weighted by Crippen LogP contribution is 2.26. The first-order valence-electron chi connectivity index (χ1n) is 9.19. The summed E-state index contributed by atoms with van der Waals surface area (Å²) in [5.41, 5.74) is 1.32. The minimum absolute atomic E-state index is 0.113. The molecule has 0 aliphatic heterocycles. The Kier molecular flexibility index (Phi) is 7.47. The van der Waals surface area contributed by atoms with Gasteiger partial charge in [0.15, 0.2) is 0 Å². The Morgan fingerprint density at radius 1 is 1.07 bits per heavy atom. The first kappa shape index (κ1) is 22.3. The van der Waals surface area contributed by atoms with Crippen LogP contribution in [0.1, 0.15) is 12.0 Å². The van der Waals surface area contributed by atoms with Gasteiger partial charge in [-0.2, -0.15) is 0 Å². The first-order chi connectivity index (χ1) is 14.4. The molecule has 2 aromatic carbocycles. The summed E-state index contributed by atoms with van der Waals surface area (Å²) < 4.78 is 40.4. The third kappa shape index (κ3) is 5.81. The van der Waals surface area contributed by atoms with Crippen LogP contribution in [0.2, 0.25) is 5.02 Å². The predicted octanol–water partition coefficient (Wildman–Crippen LogP) is 4.48. The van der Waals surface area contributed by atoms with Crippen molar-refractivity contribution in [2.75, 3.05) is 17.4 Å². The maximum atomic E-state index is 13.3. The zero-order valence-electron chi connectivity index (χ0n) is 15.9. The molecule has 30 heavy (non-hydrogen) atoms. The fourth-order valence-electron chi connectivity index (χ4n) is 2.80. The maximum Gasteiger partial charge on any atom is 0.274 e. The minimum Gasteiger partial charge on any atom is -0.355 e. The third-order valence-electron chi connectivity index (χ3n) is 4.32. The molecule has 3 rings (SSSR count). The van der Waals surface area contributed by atoms with Crippen LogP contribution in [0, 0.1) is 5.82 Å².